The molecule has 0 N–H and O–H groups in total. The smallest absolute Gasteiger partial charge is 0.469 e. The molecule has 0 saturated heterocycles. The van der Waals surface area contributed by atoms with Crippen LogP contribution in [0.15, 0.2) is 6.07 Å². The van der Waals surface area contributed by atoms with Crippen LogP contribution in [0.3, 0.4) is 0 Å². The summed E-state index contributed by atoms with van der Waals surface area (Å²) in [7, 11) is 1.00. The average molecular weight is 352 g/mol. The van der Waals surface area contributed by atoms with Crippen LogP contribution in [-0.2, 0) is 28.0 Å². The summed E-state index contributed by atoms with van der Waals surface area (Å²) in [6.45, 7) is 0. The lowest BCUT2D eigenvalue weighted by atomic mass is 10.1. The summed E-state index contributed by atoms with van der Waals surface area (Å²) < 4.78 is 82.6. The van der Waals surface area contributed by atoms with Crippen LogP contribution in [0, 0.1) is 0 Å². The number of hydrogen-bond acceptors (Lipinski definition) is 4. The lowest BCUT2D eigenvalue weighted by molar-refractivity contribution is -0.278. The number of hydrogen-bond donors (Lipinski definition) is 0. The van der Waals surface area contributed by atoms with Gasteiger partial charge >= 0.3 is 18.5 Å². The van der Waals surface area contributed by atoms with Gasteiger partial charge < -0.3 is 9.47 Å². The second-order valence-electron chi connectivity index (χ2n) is 3.88. The number of ether oxygens (including phenoxy) is 2. The molecule has 0 aromatic carbocycles. The zero-order valence-corrected chi connectivity index (χ0v) is 11.6. The number of carbonyl (C=O) groups excluding carboxylic acids is 1. The summed E-state index contributed by atoms with van der Waals surface area (Å²) >= 11 is 5.44. The van der Waals surface area contributed by atoms with Crippen LogP contribution < -0.4 is 4.74 Å². The molecule has 0 bridgehead atoms. The summed E-state index contributed by atoms with van der Waals surface area (Å²) in [4.78, 5) is 14.3. The molecule has 4 nitrogen and oxygen atoms in total. The first-order valence-electron chi connectivity index (χ1n) is 5.46. The van der Waals surface area contributed by atoms with Gasteiger partial charge in [-0.05, 0) is 11.6 Å². The van der Waals surface area contributed by atoms with Crippen molar-refractivity contribution in [1.82, 2.24) is 4.98 Å². The first kappa shape index (κ1) is 18.3. The molecule has 124 valence electrons. The van der Waals surface area contributed by atoms with E-state index >= 15 is 0 Å². The van der Waals surface area contributed by atoms with Crippen molar-refractivity contribution in [1.29, 1.82) is 0 Å². The minimum atomic E-state index is -5.36. The third-order valence-corrected chi connectivity index (χ3v) is 2.62. The molecule has 0 radical (unpaired) electrons. The van der Waals surface area contributed by atoms with E-state index in [9.17, 15) is 31.1 Å². The number of halogens is 7. The molecule has 0 atom stereocenters. The Bertz CT molecular complexity index is 558. The molecule has 1 rings (SSSR count). The van der Waals surface area contributed by atoms with Crippen LogP contribution in [0.2, 0.25) is 0 Å². The lowest BCUT2D eigenvalue weighted by Gasteiger charge is -2.17. The highest BCUT2D eigenvalue weighted by Crippen LogP contribution is 2.38. The lowest BCUT2D eigenvalue weighted by Crippen LogP contribution is -2.22. The van der Waals surface area contributed by atoms with Gasteiger partial charge in [-0.15, -0.1) is 24.8 Å². The maximum Gasteiger partial charge on any atom is 0.574 e. The van der Waals surface area contributed by atoms with Gasteiger partial charge in [0.15, 0.2) is 0 Å². The Kier molecular flexibility index (Phi) is 5.49. The number of carbonyl (C=O) groups is 1. The standard InChI is InChI=1S/C11H8ClF6NO3/c1-21-8(20)3-5-2-6(10(13,14)15)9(19-7(5)4-12)22-11(16,17)18/h2H,3-4H2,1H3. The molecule has 22 heavy (non-hydrogen) atoms. The SMILES string of the molecule is COC(=O)Cc1cc(C(F)(F)F)c(OC(F)(F)F)nc1CCl. The molecule has 0 saturated carbocycles. The van der Waals surface area contributed by atoms with Crippen molar-refractivity contribution in [2.75, 3.05) is 7.11 Å². The van der Waals surface area contributed by atoms with Crippen molar-refractivity contribution in [2.45, 2.75) is 24.8 Å². The molecule has 1 heterocycles. The van der Waals surface area contributed by atoms with Crippen molar-refractivity contribution in [2.24, 2.45) is 0 Å². The van der Waals surface area contributed by atoms with Crippen LogP contribution in [0.5, 0.6) is 5.88 Å². The maximum absolute atomic E-state index is 12.8. The normalized spacial score (nSPS) is 12.2. The highest BCUT2D eigenvalue weighted by Gasteiger charge is 2.41. The fourth-order valence-corrected chi connectivity index (χ4v) is 1.69. The molecular formula is C11H8ClF6NO3. The van der Waals surface area contributed by atoms with E-state index in [2.05, 4.69) is 14.5 Å². The first-order valence-corrected chi connectivity index (χ1v) is 6.00. The van der Waals surface area contributed by atoms with Gasteiger partial charge in [-0.2, -0.15) is 13.2 Å². The summed E-state index contributed by atoms with van der Waals surface area (Å²) in [5.41, 5.74) is -2.42. The summed E-state index contributed by atoms with van der Waals surface area (Å²) in [6, 6.07) is 0.336. The second kappa shape index (κ2) is 6.59. The fourth-order valence-electron chi connectivity index (χ4n) is 1.46. The second-order valence-corrected chi connectivity index (χ2v) is 4.15. The number of alkyl halides is 7. The maximum atomic E-state index is 12.8. The van der Waals surface area contributed by atoms with Crippen LogP contribution in [-0.4, -0.2) is 24.4 Å². The largest absolute Gasteiger partial charge is 0.574 e. The molecule has 0 aliphatic heterocycles. The van der Waals surface area contributed by atoms with E-state index in [0.29, 0.717) is 6.07 Å². The third-order valence-electron chi connectivity index (χ3n) is 2.36. The molecule has 0 aliphatic rings. The molecule has 1 aromatic rings. The first-order chi connectivity index (χ1) is 9.97. The zero-order valence-electron chi connectivity index (χ0n) is 10.8. The van der Waals surface area contributed by atoms with Crippen molar-refractivity contribution in [3.8, 4) is 5.88 Å². The van der Waals surface area contributed by atoms with E-state index in [1.54, 1.807) is 0 Å². The average Bonchev–Trinajstić information content (AvgIpc) is 2.36. The van der Waals surface area contributed by atoms with Crippen LogP contribution in [0.25, 0.3) is 0 Å². The number of rotatable bonds is 4. The fraction of sp³-hybridized carbons (Fsp3) is 0.455. The number of aromatic nitrogens is 1. The van der Waals surface area contributed by atoms with Gasteiger partial charge in [-0.3, -0.25) is 4.79 Å². The highest BCUT2D eigenvalue weighted by molar-refractivity contribution is 6.17. The van der Waals surface area contributed by atoms with E-state index in [4.69, 9.17) is 11.6 Å². The molecule has 0 aliphatic carbocycles. The predicted molar refractivity (Wildman–Crippen MR) is 61.2 cm³/mol. The minimum absolute atomic E-state index is 0.302. The minimum Gasteiger partial charge on any atom is -0.469 e. The van der Waals surface area contributed by atoms with Gasteiger partial charge in [-0.1, -0.05) is 0 Å². The van der Waals surface area contributed by atoms with Gasteiger partial charge in [0.2, 0.25) is 5.88 Å². The van der Waals surface area contributed by atoms with Crippen molar-refractivity contribution < 1.29 is 40.6 Å². The molecular weight excluding hydrogens is 344 g/mol. The molecule has 0 amide bonds. The highest BCUT2D eigenvalue weighted by atomic mass is 35.5. The van der Waals surface area contributed by atoms with E-state index in [0.717, 1.165) is 7.11 Å². The van der Waals surface area contributed by atoms with Crippen LogP contribution in [0.1, 0.15) is 16.8 Å². The zero-order chi connectivity index (χ0) is 17.1. The Morgan fingerprint density at radius 1 is 1.27 bits per heavy atom. The topological polar surface area (TPSA) is 48.4 Å². The van der Waals surface area contributed by atoms with Gasteiger partial charge in [-0.25, -0.2) is 4.98 Å². The Labute approximate surface area is 125 Å². The summed E-state index contributed by atoms with van der Waals surface area (Å²) in [6.07, 6.45) is -11.1. The van der Waals surface area contributed by atoms with Crippen LogP contribution >= 0.6 is 11.6 Å². The molecule has 0 unspecified atom stereocenters. The third kappa shape index (κ3) is 4.93. The van der Waals surface area contributed by atoms with E-state index in [-0.39, 0.29) is 11.3 Å². The van der Waals surface area contributed by atoms with Gasteiger partial charge in [0, 0.05) is 0 Å². The number of nitrogens with zero attached hydrogens (tertiary/aromatic N) is 1. The van der Waals surface area contributed by atoms with Crippen molar-refractivity contribution in [3.63, 3.8) is 0 Å². The van der Waals surface area contributed by atoms with Gasteiger partial charge in [0.05, 0.1) is 25.1 Å². The Hall–Kier alpha value is -1.71. The monoisotopic (exact) mass is 351 g/mol. The Morgan fingerprint density at radius 3 is 2.27 bits per heavy atom. The Morgan fingerprint density at radius 2 is 1.86 bits per heavy atom. The molecule has 11 heteroatoms. The van der Waals surface area contributed by atoms with Gasteiger partial charge in [0.1, 0.15) is 5.56 Å². The molecule has 0 fully saturated rings. The number of esters is 1. The Balaban J connectivity index is 3.42. The predicted octanol–water partition coefficient (Wildman–Crippen LogP) is 3.45. The van der Waals surface area contributed by atoms with E-state index in [1.165, 1.54) is 0 Å². The van der Waals surface area contributed by atoms with E-state index < -0.39 is 42.3 Å². The van der Waals surface area contributed by atoms with Crippen molar-refractivity contribution >= 4 is 17.6 Å². The summed E-state index contributed by atoms with van der Waals surface area (Å²) in [5.74, 6) is -3.09. The van der Waals surface area contributed by atoms with E-state index in [1.807, 2.05) is 0 Å². The number of methoxy groups -OCH3 is 1. The quantitative estimate of drug-likeness (QED) is 0.473. The van der Waals surface area contributed by atoms with Crippen LogP contribution in [0.4, 0.5) is 26.3 Å². The molecule has 0 spiro atoms. The van der Waals surface area contributed by atoms with Gasteiger partial charge in [0.25, 0.3) is 0 Å². The number of pyridine rings is 1. The van der Waals surface area contributed by atoms with Crippen molar-refractivity contribution in [3.05, 3.63) is 22.9 Å². The molecule has 1 aromatic heterocycles. The summed E-state index contributed by atoms with van der Waals surface area (Å²) in [5, 5.41) is 0.